The number of amides is 2. The lowest BCUT2D eigenvalue weighted by Gasteiger charge is -2.32. The lowest BCUT2D eigenvalue weighted by atomic mass is 9.94. The molecule has 21 heavy (non-hydrogen) atoms. The number of carbonyl (C=O) groups excluding carboxylic acids is 2. The zero-order valence-corrected chi connectivity index (χ0v) is 12.9. The summed E-state index contributed by atoms with van der Waals surface area (Å²) < 4.78 is 4.87. The van der Waals surface area contributed by atoms with E-state index in [0.29, 0.717) is 25.4 Å². The van der Waals surface area contributed by atoms with Gasteiger partial charge in [0.1, 0.15) is 6.61 Å². The van der Waals surface area contributed by atoms with Gasteiger partial charge in [-0.15, -0.1) is 0 Å². The quantitative estimate of drug-likeness (QED) is 0.757. The van der Waals surface area contributed by atoms with Crippen molar-refractivity contribution >= 4 is 11.8 Å². The van der Waals surface area contributed by atoms with Crippen LogP contribution in [0.1, 0.15) is 32.1 Å². The highest BCUT2D eigenvalue weighted by molar-refractivity contribution is 5.78. The third kappa shape index (κ3) is 5.28. The maximum Gasteiger partial charge on any atom is 0.248 e. The zero-order valence-electron chi connectivity index (χ0n) is 12.9. The molecule has 0 radical (unpaired) electrons. The molecule has 0 bridgehead atoms. The molecule has 120 valence electrons. The number of methoxy groups -OCH3 is 1. The summed E-state index contributed by atoms with van der Waals surface area (Å²) in [7, 11) is 1.53. The molecule has 6 nitrogen and oxygen atoms in total. The van der Waals surface area contributed by atoms with E-state index in [9.17, 15) is 9.59 Å². The lowest BCUT2D eigenvalue weighted by molar-refractivity contribution is -0.136. The number of hydrogen-bond donors (Lipinski definition) is 2. The normalized spacial score (nSPS) is 21.3. The minimum Gasteiger partial charge on any atom is -0.375 e. The topological polar surface area (TPSA) is 70.7 Å². The molecule has 0 aliphatic carbocycles. The van der Waals surface area contributed by atoms with Crippen LogP contribution >= 0.6 is 0 Å². The maximum absolute atomic E-state index is 12.1. The second kappa shape index (κ2) is 8.34. The third-order valence-corrected chi connectivity index (χ3v) is 4.41. The van der Waals surface area contributed by atoms with E-state index in [1.807, 2.05) is 4.90 Å². The van der Waals surface area contributed by atoms with E-state index >= 15 is 0 Å². The maximum atomic E-state index is 12.1. The van der Waals surface area contributed by atoms with Crippen LogP contribution in [0.5, 0.6) is 0 Å². The van der Waals surface area contributed by atoms with Crippen molar-refractivity contribution in [3.05, 3.63) is 0 Å². The van der Waals surface area contributed by atoms with Crippen molar-refractivity contribution in [2.75, 3.05) is 39.9 Å². The lowest BCUT2D eigenvalue weighted by Crippen LogP contribution is -2.47. The molecule has 2 aliphatic heterocycles. The first kappa shape index (κ1) is 16.2. The molecule has 0 aromatic carbocycles. The number of hydrogen-bond acceptors (Lipinski definition) is 4. The van der Waals surface area contributed by atoms with E-state index in [1.165, 1.54) is 7.11 Å². The Bertz CT molecular complexity index is 348. The molecule has 6 heteroatoms. The van der Waals surface area contributed by atoms with Crippen LogP contribution in [-0.4, -0.2) is 62.7 Å². The first-order valence-corrected chi connectivity index (χ1v) is 7.96. The highest BCUT2D eigenvalue weighted by Gasteiger charge is 2.24. The standard InChI is InChI=1S/C15H27N3O3/c1-21-11-15(20)18-8-4-13(5-9-18)17-14(19)10-12-2-6-16-7-3-12/h12-13,16H,2-11H2,1H3,(H,17,19). The van der Waals surface area contributed by atoms with Crippen molar-refractivity contribution in [1.29, 1.82) is 0 Å². The van der Waals surface area contributed by atoms with Crippen LogP contribution in [0.15, 0.2) is 0 Å². The predicted octanol–water partition coefficient (Wildman–Crippen LogP) is 0.130. The van der Waals surface area contributed by atoms with E-state index < -0.39 is 0 Å². The monoisotopic (exact) mass is 297 g/mol. The van der Waals surface area contributed by atoms with Gasteiger partial charge in [0.15, 0.2) is 0 Å². The van der Waals surface area contributed by atoms with Crippen LogP contribution in [0.25, 0.3) is 0 Å². The fraction of sp³-hybridized carbons (Fsp3) is 0.867. The number of nitrogens with zero attached hydrogens (tertiary/aromatic N) is 1. The molecule has 2 heterocycles. The Morgan fingerprint density at radius 3 is 2.48 bits per heavy atom. The number of carbonyl (C=O) groups is 2. The molecular weight excluding hydrogens is 270 g/mol. The Balaban J connectivity index is 1.65. The highest BCUT2D eigenvalue weighted by Crippen LogP contribution is 2.17. The summed E-state index contributed by atoms with van der Waals surface area (Å²) in [6, 6.07) is 0.214. The number of ether oxygens (including phenoxy) is 1. The summed E-state index contributed by atoms with van der Waals surface area (Å²) in [5.74, 6) is 0.732. The summed E-state index contributed by atoms with van der Waals surface area (Å²) in [5, 5.41) is 6.44. The molecule has 0 saturated carbocycles. The fourth-order valence-electron chi connectivity index (χ4n) is 3.12. The first-order valence-electron chi connectivity index (χ1n) is 7.96. The minimum absolute atomic E-state index is 0.0389. The van der Waals surface area contributed by atoms with Crippen LogP contribution < -0.4 is 10.6 Å². The minimum atomic E-state index is 0.0389. The second-order valence-corrected chi connectivity index (χ2v) is 6.05. The average Bonchev–Trinajstić information content (AvgIpc) is 2.49. The Hall–Kier alpha value is -1.14. The van der Waals surface area contributed by atoms with E-state index in [1.54, 1.807) is 0 Å². The first-order chi connectivity index (χ1) is 10.2. The van der Waals surface area contributed by atoms with Gasteiger partial charge < -0.3 is 20.3 Å². The van der Waals surface area contributed by atoms with Crippen molar-refractivity contribution < 1.29 is 14.3 Å². The summed E-state index contributed by atoms with van der Waals surface area (Å²) >= 11 is 0. The summed E-state index contributed by atoms with van der Waals surface area (Å²) in [4.78, 5) is 25.6. The Labute approximate surface area is 126 Å². The molecule has 2 aliphatic rings. The van der Waals surface area contributed by atoms with Gasteiger partial charge in [0, 0.05) is 32.7 Å². The number of likely N-dealkylation sites (tertiary alicyclic amines) is 1. The van der Waals surface area contributed by atoms with Crippen molar-refractivity contribution in [3.8, 4) is 0 Å². The van der Waals surface area contributed by atoms with Crippen molar-refractivity contribution in [1.82, 2.24) is 15.5 Å². The van der Waals surface area contributed by atoms with Crippen molar-refractivity contribution in [2.45, 2.75) is 38.1 Å². The van der Waals surface area contributed by atoms with E-state index in [2.05, 4.69) is 10.6 Å². The summed E-state index contributed by atoms with van der Waals surface area (Å²) in [6.45, 7) is 3.61. The number of nitrogens with one attached hydrogen (secondary N) is 2. The third-order valence-electron chi connectivity index (χ3n) is 4.41. The smallest absolute Gasteiger partial charge is 0.248 e. The van der Waals surface area contributed by atoms with Gasteiger partial charge in [0.2, 0.25) is 11.8 Å². The molecule has 0 aromatic rings. The van der Waals surface area contributed by atoms with Crippen molar-refractivity contribution in [3.63, 3.8) is 0 Å². The predicted molar refractivity (Wildman–Crippen MR) is 79.8 cm³/mol. The van der Waals surface area contributed by atoms with Crippen LogP contribution in [0.4, 0.5) is 0 Å². The van der Waals surface area contributed by atoms with Crippen LogP contribution in [0.2, 0.25) is 0 Å². The molecule has 2 amide bonds. The zero-order chi connectivity index (χ0) is 15.1. The summed E-state index contributed by atoms with van der Waals surface area (Å²) in [6.07, 6.45) is 4.51. The van der Waals surface area contributed by atoms with Gasteiger partial charge in [-0.2, -0.15) is 0 Å². The van der Waals surface area contributed by atoms with E-state index in [-0.39, 0.29) is 24.5 Å². The van der Waals surface area contributed by atoms with Crippen LogP contribution in [-0.2, 0) is 14.3 Å². The molecule has 0 spiro atoms. The molecule has 0 unspecified atom stereocenters. The van der Waals surface area contributed by atoms with Gasteiger partial charge >= 0.3 is 0 Å². The van der Waals surface area contributed by atoms with Crippen LogP contribution in [0.3, 0.4) is 0 Å². The molecule has 0 atom stereocenters. The summed E-state index contributed by atoms with van der Waals surface area (Å²) in [5.41, 5.74) is 0. The molecule has 0 aromatic heterocycles. The van der Waals surface area contributed by atoms with Gasteiger partial charge in [-0.1, -0.05) is 0 Å². The SMILES string of the molecule is COCC(=O)N1CCC(NC(=O)CC2CCNCC2)CC1. The van der Waals surface area contributed by atoms with Gasteiger partial charge in [-0.05, 0) is 44.7 Å². The molecular formula is C15H27N3O3. The van der Waals surface area contributed by atoms with E-state index in [4.69, 9.17) is 4.74 Å². The largest absolute Gasteiger partial charge is 0.375 e. The average molecular weight is 297 g/mol. The number of rotatable bonds is 5. The fourth-order valence-corrected chi connectivity index (χ4v) is 3.12. The van der Waals surface area contributed by atoms with Gasteiger partial charge in [-0.25, -0.2) is 0 Å². The Kier molecular flexibility index (Phi) is 6.45. The molecule has 2 N–H and O–H groups in total. The van der Waals surface area contributed by atoms with Crippen molar-refractivity contribution in [2.24, 2.45) is 5.92 Å². The van der Waals surface area contributed by atoms with Gasteiger partial charge in [0.25, 0.3) is 0 Å². The molecule has 2 saturated heterocycles. The van der Waals surface area contributed by atoms with Gasteiger partial charge in [0.05, 0.1) is 0 Å². The van der Waals surface area contributed by atoms with E-state index in [0.717, 1.165) is 38.8 Å². The van der Waals surface area contributed by atoms with Crippen LogP contribution in [0, 0.1) is 5.92 Å². The van der Waals surface area contributed by atoms with Gasteiger partial charge in [-0.3, -0.25) is 9.59 Å². The second-order valence-electron chi connectivity index (χ2n) is 6.05. The Morgan fingerprint density at radius 1 is 1.19 bits per heavy atom. The molecule has 2 fully saturated rings. The Morgan fingerprint density at radius 2 is 1.86 bits per heavy atom. The number of piperidine rings is 2. The molecule has 2 rings (SSSR count). The highest BCUT2D eigenvalue weighted by atomic mass is 16.5.